The molecule has 0 saturated carbocycles. The molecule has 0 aliphatic carbocycles. The van der Waals surface area contributed by atoms with E-state index in [1.807, 2.05) is 44.2 Å². The fourth-order valence-corrected chi connectivity index (χ4v) is 3.39. The van der Waals surface area contributed by atoms with Gasteiger partial charge in [-0.3, -0.25) is 19.4 Å². The number of fused-ring (bicyclic) bond motifs is 1. The Morgan fingerprint density at radius 2 is 1.90 bits per heavy atom. The van der Waals surface area contributed by atoms with Gasteiger partial charge in [0.25, 0.3) is 5.56 Å². The van der Waals surface area contributed by atoms with Gasteiger partial charge in [0.15, 0.2) is 5.65 Å². The third kappa shape index (κ3) is 5.38. The Bertz CT molecular complexity index is 1030. The summed E-state index contributed by atoms with van der Waals surface area (Å²) < 4.78 is 1.62. The Kier molecular flexibility index (Phi) is 8.88. The molecule has 0 fully saturated rings. The van der Waals surface area contributed by atoms with Crippen molar-refractivity contribution >= 4 is 41.8 Å². The van der Waals surface area contributed by atoms with Crippen LogP contribution in [0.5, 0.6) is 0 Å². The molecule has 3 aromatic rings. The van der Waals surface area contributed by atoms with Gasteiger partial charge in [-0.25, -0.2) is 4.98 Å². The molecular formula is C20H27Cl2N5O2. The van der Waals surface area contributed by atoms with Crippen LogP contribution < -0.4 is 16.6 Å². The molecule has 29 heavy (non-hydrogen) atoms. The van der Waals surface area contributed by atoms with Crippen LogP contribution in [0.15, 0.2) is 35.1 Å². The summed E-state index contributed by atoms with van der Waals surface area (Å²) in [5, 5.41) is 6.20. The van der Waals surface area contributed by atoms with Crippen LogP contribution in [0.4, 0.5) is 0 Å². The van der Waals surface area contributed by atoms with Gasteiger partial charge in [-0.05, 0) is 37.0 Å². The zero-order chi connectivity index (χ0) is 19.6. The van der Waals surface area contributed by atoms with Crippen molar-refractivity contribution in [3.05, 3.63) is 63.1 Å². The highest BCUT2D eigenvalue weighted by Gasteiger charge is 2.16. The number of pyridine rings is 1. The number of halogens is 2. The molecule has 3 rings (SSSR count). The lowest BCUT2D eigenvalue weighted by atomic mass is 10.00. The Balaban J connectivity index is 0.00000210. The molecule has 9 heteroatoms. The number of carbonyl (C=O) groups is 1. The molecule has 1 atom stereocenters. The minimum atomic E-state index is -0.237. The van der Waals surface area contributed by atoms with Gasteiger partial charge in [-0.1, -0.05) is 30.3 Å². The summed E-state index contributed by atoms with van der Waals surface area (Å²) in [6, 6.07) is 9.44. The topological polar surface area (TPSA) is 106 Å². The highest BCUT2D eigenvalue weighted by atomic mass is 35.5. The first kappa shape index (κ1) is 24.7. The van der Waals surface area contributed by atoms with Crippen molar-refractivity contribution < 1.29 is 4.79 Å². The molecule has 0 spiro atoms. The van der Waals surface area contributed by atoms with E-state index in [1.54, 1.807) is 11.7 Å². The number of nitrogens with zero attached hydrogens (tertiary/aromatic N) is 2. The summed E-state index contributed by atoms with van der Waals surface area (Å²) in [6.07, 6.45) is 0.850. The maximum Gasteiger partial charge on any atom is 0.273 e. The second-order valence-corrected chi connectivity index (χ2v) is 6.82. The van der Waals surface area contributed by atoms with Gasteiger partial charge in [-0.2, -0.15) is 0 Å². The number of nitrogens with two attached hydrogens (primary N) is 1. The number of hydrogen-bond acceptors (Lipinski definition) is 4. The summed E-state index contributed by atoms with van der Waals surface area (Å²) in [7, 11) is 1.76. The van der Waals surface area contributed by atoms with Crippen LogP contribution in [0, 0.1) is 13.8 Å². The molecule has 0 aliphatic rings. The minimum absolute atomic E-state index is 0. The minimum Gasteiger partial charge on any atom is -0.354 e. The molecule has 2 heterocycles. The number of H-pyrrole nitrogens is 1. The maximum absolute atomic E-state index is 12.3. The van der Waals surface area contributed by atoms with Crippen molar-refractivity contribution in [3.63, 3.8) is 0 Å². The number of amides is 1. The maximum atomic E-state index is 12.3. The quantitative estimate of drug-likeness (QED) is 0.548. The predicted molar refractivity (Wildman–Crippen MR) is 120 cm³/mol. The molecule has 7 nitrogen and oxygen atoms in total. The van der Waals surface area contributed by atoms with E-state index in [-0.39, 0.29) is 42.3 Å². The van der Waals surface area contributed by atoms with Crippen molar-refractivity contribution in [2.45, 2.75) is 32.7 Å². The normalized spacial score (nSPS) is 11.4. The first-order valence-electron chi connectivity index (χ1n) is 9.00. The van der Waals surface area contributed by atoms with Gasteiger partial charge in [0, 0.05) is 31.7 Å². The Morgan fingerprint density at radius 3 is 2.55 bits per heavy atom. The predicted octanol–water partition coefficient (Wildman–Crippen LogP) is 2.47. The lowest BCUT2D eigenvalue weighted by molar-refractivity contribution is -0.121. The first-order valence-corrected chi connectivity index (χ1v) is 9.00. The molecule has 1 unspecified atom stereocenters. The van der Waals surface area contributed by atoms with Crippen LogP contribution in [-0.4, -0.2) is 27.2 Å². The highest BCUT2D eigenvalue weighted by Crippen LogP contribution is 2.21. The largest absolute Gasteiger partial charge is 0.354 e. The standard InChI is InChI=1S/C20H25N5O2.2ClH/c1-12-15(13(2)23-19-18(12)20(27)24-25(19)3)9-10-17(26)22-11-16(21)14-7-5-4-6-8-14;;/h4-8,16H,9-11,21H2,1-3H3,(H,22,26)(H,24,27);2*1H. The number of nitrogens with one attached hydrogen (secondary N) is 2. The molecule has 2 aromatic heterocycles. The van der Waals surface area contributed by atoms with Crippen LogP contribution in [0.2, 0.25) is 0 Å². The van der Waals surface area contributed by atoms with Gasteiger partial charge in [0.1, 0.15) is 0 Å². The summed E-state index contributed by atoms with van der Waals surface area (Å²) >= 11 is 0. The molecule has 1 aromatic carbocycles. The Morgan fingerprint density at radius 1 is 1.24 bits per heavy atom. The number of aromatic amines is 1. The third-order valence-electron chi connectivity index (χ3n) is 4.92. The molecular weight excluding hydrogens is 413 g/mol. The average Bonchev–Trinajstić information content (AvgIpc) is 2.93. The van der Waals surface area contributed by atoms with E-state index in [9.17, 15) is 9.59 Å². The van der Waals surface area contributed by atoms with Crippen LogP contribution in [0.1, 0.15) is 34.8 Å². The second kappa shape index (κ2) is 10.4. The second-order valence-electron chi connectivity index (χ2n) is 6.82. The fourth-order valence-electron chi connectivity index (χ4n) is 3.39. The number of benzene rings is 1. The fraction of sp³-hybridized carbons (Fsp3) is 0.350. The van der Waals surface area contributed by atoms with Gasteiger partial charge >= 0.3 is 0 Å². The number of hydrogen-bond donors (Lipinski definition) is 3. The molecule has 1 amide bonds. The summed E-state index contributed by atoms with van der Waals surface area (Å²) in [5.74, 6) is -0.0674. The van der Waals surface area contributed by atoms with E-state index < -0.39 is 0 Å². The van der Waals surface area contributed by atoms with Gasteiger partial charge < -0.3 is 11.1 Å². The van der Waals surface area contributed by atoms with E-state index >= 15 is 0 Å². The van der Waals surface area contributed by atoms with Crippen molar-refractivity contribution in [1.29, 1.82) is 0 Å². The van der Waals surface area contributed by atoms with Crippen LogP contribution in [0.25, 0.3) is 11.0 Å². The first-order chi connectivity index (χ1) is 12.9. The lowest BCUT2D eigenvalue weighted by Crippen LogP contribution is -2.32. The van der Waals surface area contributed by atoms with Crippen molar-refractivity contribution in [3.8, 4) is 0 Å². The molecule has 0 radical (unpaired) electrons. The smallest absolute Gasteiger partial charge is 0.273 e. The Hall–Kier alpha value is -2.35. The van der Waals surface area contributed by atoms with Crippen LogP contribution in [0.3, 0.4) is 0 Å². The lowest BCUT2D eigenvalue weighted by Gasteiger charge is -2.14. The van der Waals surface area contributed by atoms with Gasteiger partial charge in [0.2, 0.25) is 5.91 Å². The zero-order valence-electron chi connectivity index (χ0n) is 16.7. The molecule has 0 aliphatic heterocycles. The van der Waals surface area contributed by atoms with E-state index in [0.29, 0.717) is 30.4 Å². The van der Waals surface area contributed by atoms with E-state index in [2.05, 4.69) is 15.4 Å². The summed E-state index contributed by atoms with van der Waals surface area (Å²) in [4.78, 5) is 28.9. The van der Waals surface area contributed by atoms with Gasteiger partial charge in [-0.15, -0.1) is 24.8 Å². The van der Waals surface area contributed by atoms with Crippen LogP contribution in [-0.2, 0) is 18.3 Å². The third-order valence-corrected chi connectivity index (χ3v) is 4.92. The highest BCUT2D eigenvalue weighted by molar-refractivity contribution is 5.85. The molecule has 158 valence electrons. The van der Waals surface area contributed by atoms with E-state index in [0.717, 1.165) is 22.4 Å². The SMILES string of the molecule is Cc1nc2c(c(C)c1CCC(=O)NCC(N)c1ccccc1)c(=O)[nH]n2C.Cl.Cl. The Labute approximate surface area is 181 Å². The summed E-state index contributed by atoms with van der Waals surface area (Å²) in [5.41, 5.74) is 10.2. The number of rotatable bonds is 6. The van der Waals surface area contributed by atoms with Gasteiger partial charge in [0.05, 0.1) is 5.39 Å². The molecule has 0 bridgehead atoms. The van der Waals surface area contributed by atoms with Crippen molar-refractivity contribution in [1.82, 2.24) is 20.1 Å². The van der Waals surface area contributed by atoms with Crippen molar-refractivity contribution in [2.75, 3.05) is 6.54 Å². The number of aromatic nitrogens is 3. The van der Waals surface area contributed by atoms with E-state index in [1.165, 1.54) is 0 Å². The number of aryl methyl sites for hydroxylation is 3. The average molecular weight is 440 g/mol. The molecule has 0 saturated heterocycles. The molecule has 4 N–H and O–H groups in total. The van der Waals surface area contributed by atoms with E-state index in [4.69, 9.17) is 5.73 Å². The van der Waals surface area contributed by atoms with Crippen LogP contribution >= 0.6 is 24.8 Å². The number of carbonyl (C=O) groups excluding carboxylic acids is 1. The summed E-state index contributed by atoms with van der Waals surface area (Å²) in [6.45, 7) is 4.20. The van der Waals surface area contributed by atoms with Crippen molar-refractivity contribution in [2.24, 2.45) is 12.8 Å². The monoisotopic (exact) mass is 439 g/mol. The zero-order valence-corrected chi connectivity index (χ0v) is 18.3.